The third-order valence-corrected chi connectivity index (χ3v) is 4.15. The van der Waals surface area contributed by atoms with E-state index in [1.165, 1.54) is 21.9 Å². The van der Waals surface area contributed by atoms with Crippen LogP contribution in [0.1, 0.15) is 16.7 Å². The molecule has 3 nitrogen and oxygen atoms in total. The Morgan fingerprint density at radius 2 is 2.20 bits per heavy atom. The van der Waals surface area contributed by atoms with Gasteiger partial charge in [0.2, 0.25) is 5.95 Å². The minimum absolute atomic E-state index is 0.255. The van der Waals surface area contributed by atoms with Crippen LogP contribution in [0, 0.1) is 12.7 Å². The van der Waals surface area contributed by atoms with Crippen LogP contribution in [-0.4, -0.2) is 16.0 Å². The van der Waals surface area contributed by atoms with Crippen LogP contribution in [0.2, 0.25) is 0 Å². The Kier molecular flexibility index (Phi) is 3.44. The summed E-state index contributed by atoms with van der Waals surface area (Å²) in [5.41, 5.74) is 1.49. The summed E-state index contributed by atoms with van der Waals surface area (Å²) in [7, 11) is 0. The normalized spacial score (nSPS) is 12.8. The Bertz CT molecular complexity index is 732. The minimum atomic E-state index is -0.255. The fraction of sp³-hybridized carbons (Fsp3) is 0.267. The van der Waals surface area contributed by atoms with Gasteiger partial charge in [0, 0.05) is 22.2 Å². The zero-order chi connectivity index (χ0) is 14.1. The van der Waals surface area contributed by atoms with Gasteiger partial charge in [0.05, 0.1) is 11.0 Å². The third-order valence-electron chi connectivity index (χ3n) is 3.13. The first kappa shape index (κ1) is 13.1. The van der Waals surface area contributed by atoms with Crippen molar-refractivity contribution in [3.8, 4) is 0 Å². The maximum atomic E-state index is 13.1. The fourth-order valence-electron chi connectivity index (χ4n) is 2.23. The summed E-state index contributed by atoms with van der Waals surface area (Å²) in [6.07, 6.45) is 0.948. The first-order valence-electron chi connectivity index (χ1n) is 6.57. The van der Waals surface area contributed by atoms with Gasteiger partial charge in [0.25, 0.3) is 0 Å². The van der Waals surface area contributed by atoms with Crippen molar-refractivity contribution in [1.82, 2.24) is 9.97 Å². The van der Waals surface area contributed by atoms with E-state index in [-0.39, 0.29) is 11.9 Å². The van der Waals surface area contributed by atoms with Crippen LogP contribution in [0.25, 0.3) is 11.0 Å². The number of rotatable bonds is 4. The summed E-state index contributed by atoms with van der Waals surface area (Å²) in [5, 5.41) is 3.33. The Balaban J connectivity index is 1.72. The van der Waals surface area contributed by atoms with Gasteiger partial charge in [-0.15, -0.1) is 11.3 Å². The molecule has 0 aliphatic heterocycles. The number of nitrogens with one attached hydrogen (secondary N) is 2. The minimum Gasteiger partial charge on any atom is -0.353 e. The number of H-pyrrole nitrogens is 1. The van der Waals surface area contributed by atoms with E-state index in [9.17, 15) is 4.39 Å². The highest BCUT2D eigenvalue weighted by Gasteiger charge is 2.09. The monoisotopic (exact) mass is 289 g/mol. The van der Waals surface area contributed by atoms with E-state index in [2.05, 4.69) is 41.3 Å². The highest BCUT2D eigenvalue weighted by Crippen LogP contribution is 2.19. The molecule has 0 aliphatic rings. The molecule has 2 aromatic heterocycles. The number of aromatic amines is 1. The molecule has 0 amide bonds. The average Bonchev–Trinajstić information content (AvgIpc) is 2.94. The Morgan fingerprint density at radius 3 is 2.95 bits per heavy atom. The summed E-state index contributed by atoms with van der Waals surface area (Å²) < 4.78 is 13.1. The highest BCUT2D eigenvalue weighted by molar-refractivity contribution is 7.11. The van der Waals surface area contributed by atoms with Gasteiger partial charge in [-0.3, -0.25) is 0 Å². The lowest BCUT2D eigenvalue weighted by atomic mass is 10.2. The van der Waals surface area contributed by atoms with Gasteiger partial charge in [0.15, 0.2) is 0 Å². The van der Waals surface area contributed by atoms with E-state index in [1.807, 2.05) is 11.3 Å². The van der Waals surface area contributed by atoms with E-state index in [4.69, 9.17) is 0 Å². The lowest BCUT2D eigenvalue weighted by Crippen LogP contribution is -2.18. The van der Waals surface area contributed by atoms with Gasteiger partial charge < -0.3 is 10.3 Å². The van der Waals surface area contributed by atoms with Gasteiger partial charge >= 0.3 is 0 Å². The second-order valence-corrected chi connectivity index (χ2v) is 6.38. The molecular weight excluding hydrogens is 273 g/mol. The molecule has 0 fully saturated rings. The third kappa shape index (κ3) is 2.82. The van der Waals surface area contributed by atoms with E-state index >= 15 is 0 Å². The second kappa shape index (κ2) is 5.25. The maximum absolute atomic E-state index is 13.1. The van der Waals surface area contributed by atoms with Crippen molar-refractivity contribution < 1.29 is 4.39 Å². The van der Waals surface area contributed by atoms with Crippen molar-refractivity contribution in [2.24, 2.45) is 0 Å². The van der Waals surface area contributed by atoms with Crippen LogP contribution in [0.3, 0.4) is 0 Å². The Hall–Kier alpha value is -1.88. The molecule has 3 rings (SSSR count). The number of benzene rings is 1. The number of hydrogen-bond donors (Lipinski definition) is 2. The largest absolute Gasteiger partial charge is 0.353 e. The van der Waals surface area contributed by atoms with Crippen LogP contribution in [0.4, 0.5) is 10.3 Å². The quantitative estimate of drug-likeness (QED) is 0.758. The van der Waals surface area contributed by atoms with Crippen LogP contribution < -0.4 is 5.32 Å². The number of aromatic nitrogens is 2. The molecule has 0 aliphatic carbocycles. The summed E-state index contributed by atoms with van der Waals surface area (Å²) >= 11 is 1.81. The number of anilines is 1. The maximum Gasteiger partial charge on any atom is 0.201 e. The molecule has 0 spiro atoms. The molecule has 20 heavy (non-hydrogen) atoms. The van der Waals surface area contributed by atoms with Crippen molar-refractivity contribution in [2.75, 3.05) is 5.32 Å². The molecule has 0 radical (unpaired) electrons. The van der Waals surface area contributed by atoms with Gasteiger partial charge in [0.1, 0.15) is 5.82 Å². The summed E-state index contributed by atoms with van der Waals surface area (Å²) in [5.74, 6) is 0.432. The predicted molar refractivity (Wildman–Crippen MR) is 81.9 cm³/mol. The van der Waals surface area contributed by atoms with E-state index in [1.54, 1.807) is 6.07 Å². The summed E-state index contributed by atoms with van der Waals surface area (Å²) in [6.45, 7) is 4.23. The molecule has 104 valence electrons. The second-order valence-electron chi connectivity index (χ2n) is 5.01. The van der Waals surface area contributed by atoms with Gasteiger partial charge in [-0.25, -0.2) is 9.37 Å². The molecule has 0 bridgehead atoms. The Morgan fingerprint density at radius 1 is 1.35 bits per heavy atom. The predicted octanol–water partition coefficient (Wildman–Crippen LogP) is 4.12. The van der Waals surface area contributed by atoms with Gasteiger partial charge in [-0.2, -0.15) is 0 Å². The molecule has 1 aromatic carbocycles. The lowest BCUT2D eigenvalue weighted by Gasteiger charge is -2.11. The van der Waals surface area contributed by atoms with E-state index in [0.29, 0.717) is 11.5 Å². The van der Waals surface area contributed by atoms with Gasteiger partial charge in [-0.1, -0.05) is 0 Å². The topological polar surface area (TPSA) is 40.7 Å². The zero-order valence-electron chi connectivity index (χ0n) is 11.4. The molecular formula is C15H16FN3S. The van der Waals surface area contributed by atoms with Crippen LogP contribution in [-0.2, 0) is 6.42 Å². The van der Waals surface area contributed by atoms with Crippen LogP contribution >= 0.6 is 11.3 Å². The molecule has 3 aromatic rings. The van der Waals surface area contributed by atoms with Crippen LogP contribution in [0.5, 0.6) is 0 Å². The molecule has 0 saturated heterocycles. The molecule has 1 unspecified atom stereocenters. The van der Waals surface area contributed by atoms with E-state index in [0.717, 1.165) is 11.9 Å². The number of nitrogens with zero attached hydrogens (tertiary/aromatic N) is 1. The van der Waals surface area contributed by atoms with Crippen molar-refractivity contribution >= 4 is 28.3 Å². The summed E-state index contributed by atoms with van der Waals surface area (Å²) in [6, 6.07) is 9.12. The first-order chi connectivity index (χ1) is 9.60. The van der Waals surface area contributed by atoms with Crippen LogP contribution in [0.15, 0.2) is 30.3 Å². The van der Waals surface area contributed by atoms with Crippen molar-refractivity contribution in [3.63, 3.8) is 0 Å². The number of halogens is 1. The lowest BCUT2D eigenvalue weighted by molar-refractivity contribution is 0.629. The Labute approximate surface area is 120 Å². The number of imidazole rings is 1. The van der Waals surface area contributed by atoms with E-state index < -0.39 is 0 Å². The first-order valence-corrected chi connectivity index (χ1v) is 7.39. The smallest absolute Gasteiger partial charge is 0.201 e. The molecule has 2 heterocycles. The molecule has 1 atom stereocenters. The number of fused-ring (bicyclic) bond motifs is 1. The number of aryl methyl sites for hydroxylation is 1. The van der Waals surface area contributed by atoms with Crippen molar-refractivity contribution in [2.45, 2.75) is 26.3 Å². The molecule has 5 heteroatoms. The zero-order valence-corrected chi connectivity index (χ0v) is 12.2. The molecule has 2 N–H and O–H groups in total. The highest BCUT2D eigenvalue weighted by atomic mass is 32.1. The number of thiophene rings is 1. The van der Waals surface area contributed by atoms with Gasteiger partial charge in [-0.05, 0) is 44.2 Å². The molecule has 0 saturated carbocycles. The summed E-state index contributed by atoms with van der Waals surface area (Å²) in [4.78, 5) is 10.2. The van der Waals surface area contributed by atoms with Crippen molar-refractivity contribution in [3.05, 3.63) is 45.9 Å². The fourth-order valence-corrected chi connectivity index (χ4v) is 3.25. The average molecular weight is 289 g/mol. The standard InChI is InChI=1S/C15H16FN3S/c1-9(7-12-5-3-10(2)20-12)17-15-18-13-6-4-11(16)8-14(13)19-15/h3-6,8-9H,7H2,1-2H3,(H2,17,18,19). The SMILES string of the molecule is Cc1ccc(CC(C)Nc2nc3ccc(F)cc3[nH]2)s1. The van der Waals surface area contributed by atoms with Crippen molar-refractivity contribution in [1.29, 1.82) is 0 Å². The number of hydrogen-bond acceptors (Lipinski definition) is 3.